The molecule has 6 heteroatoms. The number of carbonyl (C=O) groups is 2. The number of rotatable bonds is 4. The number of esters is 1. The van der Waals surface area contributed by atoms with E-state index in [9.17, 15) is 14.0 Å². The van der Waals surface area contributed by atoms with Crippen molar-refractivity contribution in [1.29, 1.82) is 0 Å². The zero-order valence-corrected chi connectivity index (χ0v) is 14.1. The molecule has 0 saturated heterocycles. The standard InChI is InChI=1S/C17H21ClFNO3/c1-11-6-3-4-9-17(11,16(22)23-2)20-15(21)10-12-13(18)7-5-8-14(12)19/h5,7-8,11H,3-4,6,9-10H2,1-2H3,(H,20,21). The van der Waals surface area contributed by atoms with Gasteiger partial charge >= 0.3 is 5.97 Å². The Kier molecular flexibility index (Phi) is 5.63. The highest BCUT2D eigenvalue weighted by Gasteiger charge is 2.47. The molecule has 126 valence electrons. The van der Waals surface area contributed by atoms with Crippen LogP contribution in [0.5, 0.6) is 0 Å². The van der Waals surface area contributed by atoms with Crippen LogP contribution in [0.4, 0.5) is 4.39 Å². The Morgan fingerprint density at radius 3 is 2.78 bits per heavy atom. The first kappa shape index (κ1) is 17.7. The fourth-order valence-corrected chi connectivity index (χ4v) is 3.45. The van der Waals surface area contributed by atoms with Crippen LogP contribution in [0.3, 0.4) is 0 Å². The molecule has 1 aliphatic carbocycles. The number of halogens is 2. The van der Waals surface area contributed by atoms with Crippen molar-refractivity contribution in [1.82, 2.24) is 5.32 Å². The van der Waals surface area contributed by atoms with E-state index in [1.807, 2.05) is 6.92 Å². The van der Waals surface area contributed by atoms with Crippen molar-refractivity contribution in [3.05, 3.63) is 34.6 Å². The van der Waals surface area contributed by atoms with Gasteiger partial charge in [-0.05, 0) is 30.9 Å². The summed E-state index contributed by atoms with van der Waals surface area (Å²) >= 11 is 5.96. The fourth-order valence-electron chi connectivity index (χ4n) is 3.22. The van der Waals surface area contributed by atoms with Crippen molar-refractivity contribution < 1.29 is 18.7 Å². The Hall–Kier alpha value is -1.62. The average molecular weight is 342 g/mol. The minimum absolute atomic E-state index is 0.0382. The van der Waals surface area contributed by atoms with Crippen molar-refractivity contribution >= 4 is 23.5 Å². The molecule has 2 rings (SSSR count). The van der Waals surface area contributed by atoms with Gasteiger partial charge in [0.2, 0.25) is 5.91 Å². The summed E-state index contributed by atoms with van der Waals surface area (Å²) in [6.07, 6.45) is 2.99. The molecule has 1 aromatic rings. The highest BCUT2D eigenvalue weighted by Crippen LogP contribution is 2.35. The summed E-state index contributed by atoms with van der Waals surface area (Å²) < 4.78 is 18.7. The second-order valence-corrected chi connectivity index (χ2v) is 6.44. The summed E-state index contributed by atoms with van der Waals surface area (Å²) in [5.74, 6) is -1.45. The zero-order valence-electron chi connectivity index (χ0n) is 13.3. The van der Waals surface area contributed by atoms with E-state index in [2.05, 4.69) is 5.32 Å². The molecule has 0 aromatic heterocycles. The van der Waals surface area contributed by atoms with Gasteiger partial charge in [0.25, 0.3) is 0 Å². The van der Waals surface area contributed by atoms with Gasteiger partial charge in [-0.3, -0.25) is 4.79 Å². The summed E-state index contributed by atoms with van der Waals surface area (Å²) in [5, 5.41) is 3.00. The molecule has 2 atom stereocenters. The number of methoxy groups -OCH3 is 1. The van der Waals surface area contributed by atoms with E-state index >= 15 is 0 Å². The molecule has 2 unspecified atom stereocenters. The maximum atomic E-state index is 13.8. The quantitative estimate of drug-likeness (QED) is 0.855. The third-order valence-corrected chi connectivity index (χ3v) is 4.96. The number of amides is 1. The zero-order chi connectivity index (χ0) is 17.0. The predicted molar refractivity (Wildman–Crippen MR) is 85.6 cm³/mol. The minimum atomic E-state index is -1.04. The third kappa shape index (κ3) is 3.66. The van der Waals surface area contributed by atoms with E-state index < -0.39 is 23.2 Å². The van der Waals surface area contributed by atoms with E-state index in [-0.39, 0.29) is 22.9 Å². The number of carbonyl (C=O) groups excluding carboxylic acids is 2. The SMILES string of the molecule is COC(=O)C1(NC(=O)Cc2c(F)cccc2Cl)CCCCC1C. The van der Waals surface area contributed by atoms with Crippen LogP contribution in [0.25, 0.3) is 0 Å². The lowest BCUT2D eigenvalue weighted by Gasteiger charge is -2.40. The number of benzene rings is 1. The highest BCUT2D eigenvalue weighted by atomic mass is 35.5. The van der Waals surface area contributed by atoms with E-state index in [1.165, 1.54) is 25.3 Å². The first-order valence-corrected chi connectivity index (χ1v) is 8.11. The molecule has 4 nitrogen and oxygen atoms in total. The lowest BCUT2D eigenvalue weighted by molar-refractivity contribution is -0.155. The van der Waals surface area contributed by atoms with Gasteiger partial charge in [-0.15, -0.1) is 0 Å². The Labute approximate surface area is 140 Å². The van der Waals surface area contributed by atoms with Gasteiger partial charge in [0.05, 0.1) is 13.5 Å². The van der Waals surface area contributed by atoms with Crippen LogP contribution >= 0.6 is 11.6 Å². The van der Waals surface area contributed by atoms with Gasteiger partial charge in [-0.25, -0.2) is 9.18 Å². The number of nitrogens with one attached hydrogen (secondary N) is 1. The van der Waals surface area contributed by atoms with Crippen LogP contribution in [0, 0.1) is 11.7 Å². The summed E-state index contributed by atoms with van der Waals surface area (Å²) in [4.78, 5) is 24.7. The fraction of sp³-hybridized carbons (Fsp3) is 0.529. The van der Waals surface area contributed by atoms with Gasteiger partial charge in [-0.1, -0.05) is 37.4 Å². The first-order valence-electron chi connectivity index (χ1n) is 7.73. The van der Waals surface area contributed by atoms with Crippen LogP contribution in [0.1, 0.15) is 38.2 Å². The number of hydrogen-bond acceptors (Lipinski definition) is 3. The smallest absolute Gasteiger partial charge is 0.331 e. The van der Waals surface area contributed by atoms with Crippen molar-refractivity contribution in [3.63, 3.8) is 0 Å². The van der Waals surface area contributed by atoms with Gasteiger partial charge < -0.3 is 10.1 Å². The van der Waals surface area contributed by atoms with Crippen molar-refractivity contribution in [2.24, 2.45) is 5.92 Å². The van der Waals surface area contributed by atoms with Gasteiger partial charge in [0.1, 0.15) is 11.4 Å². The van der Waals surface area contributed by atoms with Crippen LogP contribution < -0.4 is 5.32 Å². The summed E-state index contributed by atoms with van der Waals surface area (Å²) in [6, 6.07) is 4.28. The van der Waals surface area contributed by atoms with E-state index in [1.54, 1.807) is 0 Å². The highest BCUT2D eigenvalue weighted by molar-refractivity contribution is 6.31. The molecule has 0 aliphatic heterocycles. The maximum absolute atomic E-state index is 13.8. The van der Waals surface area contributed by atoms with E-state index in [0.29, 0.717) is 6.42 Å². The Bertz CT molecular complexity index is 587. The Morgan fingerprint density at radius 2 is 2.17 bits per heavy atom. The molecule has 0 radical (unpaired) electrons. The topological polar surface area (TPSA) is 55.4 Å². The van der Waals surface area contributed by atoms with Crippen LogP contribution in [0.2, 0.25) is 5.02 Å². The normalized spacial score (nSPS) is 24.1. The van der Waals surface area contributed by atoms with Gasteiger partial charge in [0.15, 0.2) is 0 Å². The molecule has 1 amide bonds. The van der Waals surface area contributed by atoms with Gasteiger partial charge in [-0.2, -0.15) is 0 Å². The molecule has 0 bridgehead atoms. The Morgan fingerprint density at radius 1 is 1.43 bits per heavy atom. The number of ether oxygens (including phenoxy) is 1. The van der Waals surface area contributed by atoms with Crippen LogP contribution in [-0.4, -0.2) is 24.5 Å². The summed E-state index contributed by atoms with van der Waals surface area (Å²) in [7, 11) is 1.31. The van der Waals surface area contributed by atoms with E-state index in [0.717, 1.165) is 19.3 Å². The third-order valence-electron chi connectivity index (χ3n) is 4.61. The second-order valence-electron chi connectivity index (χ2n) is 6.03. The lowest BCUT2D eigenvalue weighted by Crippen LogP contribution is -2.60. The molecule has 1 aromatic carbocycles. The molecule has 1 saturated carbocycles. The molecule has 1 fully saturated rings. The van der Waals surface area contributed by atoms with Crippen LogP contribution in [-0.2, 0) is 20.7 Å². The van der Waals surface area contributed by atoms with Crippen molar-refractivity contribution in [2.75, 3.05) is 7.11 Å². The Balaban J connectivity index is 2.20. The predicted octanol–water partition coefficient (Wildman–Crippen LogP) is 3.26. The molecular formula is C17H21ClFNO3. The molecule has 0 spiro atoms. The largest absolute Gasteiger partial charge is 0.467 e. The van der Waals surface area contributed by atoms with Gasteiger partial charge in [0, 0.05) is 10.6 Å². The molecular weight excluding hydrogens is 321 g/mol. The average Bonchev–Trinajstić information content (AvgIpc) is 2.52. The molecule has 0 heterocycles. The summed E-state index contributed by atoms with van der Waals surface area (Å²) in [5.41, 5.74) is -0.905. The van der Waals surface area contributed by atoms with Crippen molar-refractivity contribution in [3.8, 4) is 0 Å². The second kappa shape index (κ2) is 7.30. The molecule has 23 heavy (non-hydrogen) atoms. The maximum Gasteiger partial charge on any atom is 0.331 e. The molecule has 1 N–H and O–H groups in total. The van der Waals surface area contributed by atoms with E-state index in [4.69, 9.17) is 16.3 Å². The number of hydrogen-bond donors (Lipinski definition) is 1. The lowest BCUT2D eigenvalue weighted by atomic mass is 9.73. The first-order chi connectivity index (χ1) is 10.9. The monoisotopic (exact) mass is 341 g/mol. The van der Waals surface area contributed by atoms with Crippen molar-refractivity contribution in [2.45, 2.75) is 44.6 Å². The minimum Gasteiger partial charge on any atom is -0.467 e. The summed E-state index contributed by atoms with van der Waals surface area (Å²) in [6.45, 7) is 1.92. The molecule has 1 aliphatic rings. The van der Waals surface area contributed by atoms with Crippen LogP contribution in [0.15, 0.2) is 18.2 Å².